The first-order valence-corrected chi connectivity index (χ1v) is 9.63. The molecule has 0 aliphatic rings. The third-order valence-electron chi connectivity index (χ3n) is 4.94. The normalized spacial score (nSPS) is 12.9. The van der Waals surface area contributed by atoms with Gasteiger partial charge in [-0.1, -0.05) is 90.8 Å². The van der Waals surface area contributed by atoms with Crippen LogP contribution in [0.25, 0.3) is 11.1 Å². The Morgan fingerprint density at radius 2 is 1.44 bits per heavy atom. The van der Waals surface area contributed by atoms with Gasteiger partial charge in [0.05, 0.1) is 10.0 Å². The Morgan fingerprint density at radius 3 is 2.04 bits per heavy atom. The van der Waals surface area contributed by atoms with E-state index in [9.17, 15) is 0 Å². The molecule has 0 amide bonds. The third kappa shape index (κ3) is 5.49. The van der Waals surface area contributed by atoms with Crippen LogP contribution in [-0.2, 0) is 6.42 Å². The average molecular weight is 421 g/mol. The summed E-state index contributed by atoms with van der Waals surface area (Å²) in [5.41, 5.74) is 10.9. The van der Waals surface area contributed by atoms with E-state index in [0.29, 0.717) is 28.4 Å². The monoisotopic (exact) mass is 419 g/mol. The van der Waals surface area contributed by atoms with Gasteiger partial charge in [0, 0.05) is 0 Å². The Kier molecular flexibility index (Phi) is 8.19. The van der Waals surface area contributed by atoms with Gasteiger partial charge in [-0.3, -0.25) is 0 Å². The molecular weight excluding hydrogens is 397 g/mol. The van der Waals surface area contributed by atoms with Gasteiger partial charge in [-0.15, -0.1) is 12.4 Å². The third-order valence-corrected chi connectivity index (χ3v) is 5.68. The molecule has 2 atom stereocenters. The minimum Gasteiger partial charge on any atom is -0.330 e. The summed E-state index contributed by atoms with van der Waals surface area (Å²) in [6, 6.07) is 25.1. The highest BCUT2D eigenvalue weighted by molar-refractivity contribution is 6.42. The van der Waals surface area contributed by atoms with Crippen LogP contribution in [0.4, 0.5) is 0 Å². The predicted molar refractivity (Wildman–Crippen MR) is 120 cm³/mol. The minimum atomic E-state index is 0. The highest BCUT2D eigenvalue weighted by atomic mass is 35.5. The molecule has 142 valence electrons. The van der Waals surface area contributed by atoms with Crippen molar-refractivity contribution in [2.24, 2.45) is 11.7 Å². The van der Waals surface area contributed by atoms with Gasteiger partial charge in [0.2, 0.25) is 0 Å². The zero-order valence-corrected chi connectivity index (χ0v) is 17.6. The summed E-state index contributed by atoms with van der Waals surface area (Å²) in [7, 11) is 0. The first-order chi connectivity index (χ1) is 12.6. The summed E-state index contributed by atoms with van der Waals surface area (Å²) < 4.78 is 0. The SMILES string of the molecule is CC(CN)C(Cc1ccc(Cl)c(Cl)c1)c1ccc(-c2ccccc2)cc1.Cl. The van der Waals surface area contributed by atoms with Crippen LogP contribution in [0, 0.1) is 5.92 Å². The minimum absolute atomic E-state index is 0. The molecular formula is C23H24Cl3N. The Hall–Kier alpha value is -1.51. The summed E-state index contributed by atoms with van der Waals surface area (Å²) in [6.07, 6.45) is 0.889. The summed E-state index contributed by atoms with van der Waals surface area (Å²) in [6.45, 7) is 2.85. The molecule has 3 aromatic carbocycles. The van der Waals surface area contributed by atoms with Gasteiger partial charge in [-0.05, 0) is 59.2 Å². The predicted octanol–water partition coefficient (Wildman–Crippen LogP) is 7.00. The van der Waals surface area contributed by atoms with E-state index in [4.69, 9.17) is 28.9 Å². The van der Waals surface area contributed by atoms with Crippen LogP contribution in [0.1, 0.15) is 24.0 Å². The van der Waals surface area contributed by atoms with Gasteiger partial charge < -0.3 is 5.73 Å². The second-order valence-electron chi connectivity index (χ2n) is 6.76. The summed E-state index contributed by atoms with van der Waals surface area (Å²) in [5, 5.41) is 1.19. The number of benzene rings is 3. The summed E-state index contributed by atoms with van der Waals surface area (Å²) in [5.74, 6) is 0.703. The first kappa shape index (κ1) is 21.8. The lowest BCUT2D eigenvalue weighted by molar-refractivity contribution is 0.465. The highest BCUT2D eigenvalue weighted by Crippen LogP contribution is 2.32. The maximum Gasteiger partial charge on any atom is 0.0595 e. The Labute approximate surface area is 177 Å². The molecule has 0 aliphatic carbocycles. The number of hydrogen-bond acceptors (Lipinski definition) is 1. The van der Waals surface area contributed by atoms with Crippen LogP contribution in [0.2, 0.25) is 10.0 Å². The molecule has 2 unspecified atom stereocenters. The van der Waals surface area contributed by atoms with E-state index in [1.54, 1.807) is 0 Å². The maximum absolute atomic E-state index is 6.19. The standard InChI is InChI=1S/C23H23Cl2N.ClH/c1-16(15-26)21(13-17-7-12-22(24)23(25)14-17)20-10-8-19(9-11-20)18-5-3-2-4-6-18;/h2-12,14,16,21H,13,15,26H2,1H3;1H. The Bertz CT molecular complexity index is 847. The average Bonchev–Trinajstić information content (AvgIpc) is 2.69. The number of rotatable bonds is 6. The molecule has 3 aromatic rings. The molecule has 0 saturated heterocycles. The van der Waals surface area contributed by atoms with Crippen molar-refractivity contribution in [1.82, 2.24) is 0 Å². The fourth-order valence-corrected chi connectivity index (χ4v) is 3.61. The van der Waals surface area contributed by atoms with E-state index in [2.05, 4.69) is 55.5 Å². The molecule has 0 spiro atoms. The zero-order valence-electron chi connectivity index (χ0n) is 15.2. The van der Waals surface area contributed by atoms with Crippen molar-refractivity contribution in [3.05, 3.63) is 94.0 Å². The molecule has 0 bridgehead atoms. The smallest absolute Gasteiger partial charge is 0.0595 e. The van der Waals surface area contributed by atoms with Crippen LogP contribution < -0.4 is 5.73 Å². The molecule has 0 saturated carbocycles. The van der Waals surface area contributed by atoms with E-state index in [1.807, 2.05) is 24.3 Å². The molecule has 0 aliphatic heterocycles. The van der Waals surface area contributed by atoms with Gasteiger partial charge in [0.25, 0.3) is 0 Å². The van der Waals surface area contributed by atoms with Crippen LogP contribution in [0.15, 0.2) is 72.8 Å². The molecule has 0 fully saturated rings. The highest BCUT2D eigenvalue weighted by Gasteiger charge is 2.19. The Balaban J connectivity index is 0.00000261. The van der Waals surface area contributed by atoms with Crippen molar-refractivity contribution >= 4 is 35.6 Å². The number of hydrogen-bond donors (Lipinski definition) is 1. The van der Waals surface area contributed by atoms with E-state index in [1.165, 1.54) is 22.3 Å². The van der Waals surface area contributed by atoms with Crippen LogP contribution >= 0.6 is 35.6 Å². The fourth-order valence-electron chi connectivity index (χ4n) is 3.29. The second-order valence-corrected chi connectivity index (χ2v) is 7.57. The molecule has 0 radical (unpaired) electrons. The molecule has 1 nitrogen and oxygen atoms in total. The largest absolute Gasteiger partial charge is 0.330 e. The van der Waals surface area contributed by atoms with Crippen molar-refractivity contribution in [3.63, 3.8) is 0 Å². The molecule has 4 heteroatoms. The second kappa shape index (κ2) is 10.1. The lowest BCUT2D eigenvalue weighted by atomic mass is 9.82. The summed E-state index contributed by atoms with van der Waals surface area (Å²) in [4.78, 5) is 0. The van der Waals surface area contributed by atoms with Crippen molar-refractivity contribution in [3.8, 4) is 11.1 Å². The van der Waals surface area contributed by atoms with Crippen LogP contribution in [0.5, 0.6) is 0 Å². The Morgan fingerprint density at radius 1 is 0.815 bits per heavy atom. The van der Waals surface area contributed by atoms with Crippen LogP contribution in [0.3, 0.4) is 0 Å². The number of halogens is 3. The van der Waals surface area contributed by atoms with Crippen molar-refractivity contribution in [2.75, 3.05) is 6.54 Å². The van der Waals surface area contributed by atoms with Crippen LogP contribution in [-0.4, -0.2) is 6.54 Å². The van der Waals surface area contributed by atoms with E-state index in [0.717, 1.165) is 6.42 Å². The van der Waals surface area contributed by atoms with E-state index < -0.39 is 0 Å². The van der Waals surface area contributed by atoms with Crippen molar-refractivity contribution in [2.45, 2.75) is 19.3 Å². The summed E-state index contributed by atoms with van der Waals surface area (Å²) >= 11 is 12.2. The van der Waals surface area contributed by atoms with Crippen molar-refractivity contribution in [1.29, 1.82) is 0 Å². The topological polar surface area (TPSA) is 26.0 Å². The van der Waals surface area contributed by atoms with E-state index >= 15 is 0 Å². The zero-order chi connectivity index (χ0) is 18.5. The molecule has 27 heavy (non-hydrogen) atoms. The first-order valence-electron chi connectivity index (χ1n) is 8.88. The lowest BCUT2D eigenvalue weighted by Gasteiger charge is -2.24. The van der Waals surface area contributed by atoms with Gasteiger partial charge in [-0.2, -0.15) is 0 Å². The van der Waals surface area contributed by atoms with E-state index in [-0.39, 0.29) is 12.4 Å². The van der Waals surface area contributed by atoms with Gasteiger partial charge in [0.15, 0.2) is 0 Å². The van der Waals surface area contributed by atoms with Gasteiger partial charge in [0.1, 0.15) is 0 Å². The molecule has 0 aromatic heterocycles. The quantitative estimate of drug-likeness (QED) is 0.456. The lowest BCUT2D eigenvalue weighted by Crippen LogP contribution is -2.21. The van der Waals surface area contributed by atoms with Crippen molar-refractivity contribution < 1.29 is 0 Å². The maximum atomic E-state index is 6.19. The number of nitrogens with two attached hydrogens (primary N) is 1. The molecule has 0 heterocycles. The molecule has 2 N–H and O–H groups in total. The van der Waals surface area contributed by atoms with Gasteiger partial charge in [-0.25, -0.2) is 0 Å². The fraction of sp³-hybridized carbons (Fsp3) is 0.217. The molecule has 3 rings (SSSR count). The van der Waals surface area contributed by atoms with Gasteiger partial charge >= 0.3 is 0 Å².